The lowest BCUT2D eigenvalue weighted by Gasteiger charge is -2.13. The Morgan fingerprint density at radius 3 is 2.50 bits per heavy atom. The van der Waals surface area contributed by atoms with Crippen LogP contribution in [0.4, 0.5) is 14.5 Å². The van der Waals surface area contributed by atoms with Gasteiger partial charge in [-0.1, -0.05) is 12.1 Å². The fourth-order valence-electron chi connectivity index (χ4n) is 1.28. The highest BCUT2D eigenvalue weighted by Crippen LogP contribution is 2.27. The van der Waals surface area contributed by atoms with Gasteiger partial charge in [-0.25, -0.2) is 13.6 Å². The maximum atomic E-state index is 12.6. The molecule has 1 aromatic rings. The van der Waals surface area contributed by atoms with Gasteiger partial charge in [0.1, 0.15) is 0 Å². The van der Waals surface area contributed by atoms with E-state index in [9.17, 15) is 13.6 Å². The maximum absolute atomic E-state index is 12.6. The van der Waals surface area contributed by atoms with Gasteiger partial charge in [0.2, 0.25) is 0 Å². The van der Waals surface area contributed by atoms with Gasteiger partial charge < -0.3 is 10.5 Å². The van der Waals surface area contributed by atoms with Crippen molar-refractivity contribution in [2.45, 2.75) is 26.4 Å². The molecular weight excluding hydrogens is 216 g/mol. The number of nitrogens with two attached hydrogens (primary N) is 1. The highest BCUT2D eigenvalue weighted by Gasteiger charge is 2.22. The molecule has 0 aromatic heterocycles. The summed E-state index contributed by atoms with van der Waals surface area (Å²) in [5.41, 5.74) is 4.86. The van der Waals surface area contributed by atoms with E-state index in [2.05, 4.69) is 0 Å². The largest absolute Gasteiger partial charge is 0.459 e. The fourth-order valence-corrected chi connectivity index (χ4v) is 1.28. The summed E-state index contributed by atoms with van der Waals surface area (Å²) in [4.78, 5) is 11.6. The Hall–Kier alpha value is -1.65. The molecule has 0 fully saturated rings. The summed E-state index contributed by atoms with van der Waals surface area (Å²) in [5.74, 6) is -0.816. The Morgan fingerprint density at radius 1 is 1.38 bits per heavy atom. The zero-order valence-electron chi connectivity index (χ0n) is 9.04. The molecule has 0 saturated carbocycles. The monoisotopic (exact) mass is 229 g/mol. The first kappa shape index (κ1) is 12.4. The summed E-state index contributed by atoms with van der Waals surface area (Å²) in [5, 5.41) is 0. The number of benzene rings is 1. The van der Waals surface area contributed by atoms with Crippen LogP contribution < -0.4 is 5.73 Å². The van der Waals surface area contributed by atoms with Gasteiger partial charge in [0.25, 0.3) is 6.43 Å². The molecule has 1 aromatic carbocycles. The van der Waals surface area contributed by atoms with E-state index in [-0.39, 0.29) is 17.4 Å². The molecule has 0 aliphatic heterocycles. The molecule has 2 N–H and O–H groups in total. The van der Waals surface area contributed by atoms with Crippen molar-refractivity contribution in [2.24, 2.45) is 0 Å². The zero-order valence-corrected chi connectivity index (χ0v) is 9.04. The van der Waals surface area contributed by atoms with Crippen LogP contribution in [-0.4, -0.2) is 12.1 Å². The molecule has 0 heterocycles. The van der Waals surface area contributed by atoms with Crippen molar-refractivity contribution in [1.29, 1.82) is 0 Å². The molecule has 0 unspecified atom stereocenters. The number of hydrogen-bond donors (Lipinski definition) is 1. The summed E-state index contributed by atoms with van der Waals surface area (Å²) >= 11 is 0. The van der Waals surface area contributed by atoms with Gasteiger partial charge in [-0.05, 0) is 19.9 Å². The number of hydrogen-bond acceptors (Lipinski definition) is 3. The second-order valence-corrected chi connectivity index (χ2v) is 3.57. The third kappa shape index (κ3) is 2.68. The van der Waals surface area contributed by atoms with E-state index in [0.29, 0.717) is 0 Å². The first-order chi connectivity index (χ1) is 7.43. The van der Waals surface area contributed by atoms with Crippen molar-refractivity contribution >= 4 is 11.7 Å². The van der Waals surface area contributed by atoms with Crippen LogP contribution in [0.5, 0.6) is 0 Å². The molecule has 0 amide bonds. The van der Waals surface area contributed by atoms with Crippen LogP contribution in [0.3, 0.4) is 0 Å². The Morgan fingerprint density at radius 2 is 2.00 bits per heavy atom. The minimum Gasteiger partial charge on any atom is -0.459 e. The van der Waals surface area contributed by atoms with E-state index in [1.54, 1.807) is 13.8 Å². The van der Waals surface area contributed by atoms with Crippen molar-refractivity contribution in [3.05, 3.63) is 29.3 Å². The number of carbonyl (C=O) groups is 1. The second-order valence-electron chi connectivity index (χ2n) is 3.57. The average molecular weight is 229 g/mol. The lowest BCUT2D eigenvalue weighted by Crippen LogP contribution is -2.15. The average Bonchev–Trinajstić information content (AvgIpc) is 2.15. The highest BCUT2D eigenvalue weighted by molar-refractivity contribution is 5.96. The molecule has 0 radical (unpaired) electrons. The minimum absolute atomic E-state index is 0.00319. The molecule has 0 saturated heterocycles. The number of halogens is 2. The number of carbonyl (C=O) groups excluding carboxylic acids is 1. The van der Waals surface area contributed by atoms with Crippen LogP contribution in [-0.2, 0) is 4.74 Å². The fraction of sp³-hybridized carbons (Fsp3) is 0.364. The van der Waals surface area contributed by atoms with Crippen molar-refractivity contribution in [3.63, 3.8) is 0 Å². The van der Waals surface area contributed by atoms with Gasteiger partial charge in [-0.2, -0.15) is 0 Å². The molecule has 0 aliphatic rings. The molecule has 0 atom stereocenters. The van der Waals surface area contributed by atoms with E-state index < -0.39 is 18.0 Å². The highest BCUT2D eigenvalue weighted by atomic mass is 19.3. The standard InChI is InChI=1S/C11H13F2NO2/c1-6(2)16-11(15)9-7(10(12)13)4-3-5-8(9)14/h3-6,10H,14H2,1-2H3. The molecule has 0 aliphatic carbocycles. The third-order valence-electron chi connectivity index (χ3n) is 1.91. The van der Waals surface area contributed by atoms with Crippen molar-refractivity contribution in [1.82, 2.24) is 0 Å². The molecule has 3 nitrogen and oxygen atoms in total. The quantitative estimate of drug-likeness (QED) is 0.640. The van der Waals surface area contributed by atoms with Crippen LogP contribution in [0.1, 0.15) is 36.2 Å². The Balaban J connectivity index is 3.15. The Labute approximate surface area is 92.2 Å². The van der Waals surface area contributed by atoms with E-state index in [1.807, 2.05) is 0 Å². The Kier molecular flexibility index (Phi) is 3.82. The molecule has 0 spiro atoms. The molecule has 5 heteroatoms. The summed E-state index contributed by atoms with van der Waals surface area (Å²) < 4.78 is 30.1. The van der Waals surface area contributed by atoms with Crippen molar-refractivity contribution in [2.75, 3.05) is 5.73 Å². The third-order valence-corrected chi connectivity index (χ3v) is 1.91. The number of esters is 1. The molecule has 0 bridgehead atoms. The van der Waals surface area contributed by atoms with E-state index in [1.165, 1.54) is 12.1 Å². The van der Waals surface area contributed by atoms with Crippen LogP contribution in [0.15, 0.2) is 18.2 Å². The van der Waals surface area contributed by atoms with Gasteiger partial charge in [-0.15, -0.1) is 0 Å². The lowest BCUT2D eigenvalue weighted by atomic mass is 10.1. The number of anilines is 1. The summed E-state index contributed by atoms with van der Waals surface area (Å²) in [6, 6.07) is 3.93. The van der Waals surface area contributed by atoms with Crippen LogP contribution in [0.25, 0.3) is 0 Å². The molecule has 88 valence electrons. The first-order valence-corrected chi connectivity index (χ1v) is 4.81. The normalized spacial score (nSPS) is 10.9. The second kappa shape index (κ2) is 4.92. The van der Waals surface area contributed by atoms with Crippen molar-refractivity contribution in [3.8, 4) is 0 Å². The molecule has 16 heavy (non-hydrogen) atoms. The summed E-state index contributed by atoms with van der Waals surface area (Å²) in [6.45, 7) is 3.28. The van der Waals surface area contributed by atoms with Gasteiger partial charge in [0.15, 0.2) is 0 Å². The topological polar surface area (TPSA) is 52.3 Å². The van der Waals surface area contributed by atoms with Crippen LogP contribution in [0, 0.1) is 0 Å². The summed E-state index contributed by atoms with van der Waals surface area (Å²) in [7, 11) is 0. The minimum atomic E-state index is -2.75. The number of alkyl halides is 2. The Bertz CT molecular complexity index is 392. The number of ether oxygens (including phenoxy) is 1. The SMILES string of the molecule is CC(C)OC(=O)c1c(N)cccc1C(F)F. The molecular formula is C11H13F2NO2. The number of nitrogen functional groups attached to an aromatic ring is 1. The first-order valence-electron chi connectivity index (χ1n) is 4.81. The van der Waals surface area contributed by atoms with Crippen LogP contribution >= 0.6 is 0 Å². The molecule has 1 rings (SSSR count). The lowest BCUT2D eigenvalue weighted by molar-refractivity contribution is 0.0369. The van der Waals surface area contributed by atoms with Gasteiger partial charge >= 0.3 is 5.97 Å². The predicted molar refractivity (Wildman–Crippen MR) is 56.4 cm³/mol. The van der Waals surface area contributed by atoms with E-state index in [4.69, 9.17) is 10.5 Å². The maximum Gasteiger partial charge on any atom is 0.340 e. The van der Waals surface area contributed by atoms with Crippen molar-refractivity contribution < 1.29 is 18.3 Å². The smallest absolute Gasteiger partial charge is 0.340 e. The van der Waals surface area contributed by atoms with Gasteiger partial charge in [0.05, 0.1) is 11.7 Å². The zero-order chi connectivity index (χ0) is 12.3. The predicted octanol–water partition coefficient (Wildman–Crippen LogP) is 2.77. The van der Waals surface area contributed by atoms with Gasteiger partial charge in [0, 0.05) is 11.3 Å². The van der Waals surface area contributed by atoms with E-state index in [0.717, 1.165) is 6.07 Å². The van der Waals surface area contributed by atoms with E-state index >= 15 is 0 Å². The number of rotatable bonds is 3. The summed E-state index contributed by atoms with van der Waals surface area (Å²) in [6.07, 6.45) is -3.13. The van der Waals surface area contributed by atoms with Crippen LogP contribution in [0.2, 0.25) is 0 Å². The van der Waals surface area contributed by atoms with Gasteiger partial charge in [-0.3, -0.25) is 0 Å².